The highest BCUT2D eigenvalue weighted by molar-refractivity contribution is 6.29. The second kappa shape index (κ2) is 5.59. The third kappa shape index (κ3) is 2.80. The predicted octanol–water partition coefficient (Wildman–Crippen LogP) is 2.26. The van der Waals surface area contributed by atoms with Crippen LogP contribution in [0.25, 0.3) is 0 Å². The summed E-state index contributed by atoms with van der Waals surface area (Å²) in [6, 6.07) is 11.6. The van der Waals surface area contributed by atoms with Gasteiger partial charge in [-0.3, -0.25) is 4.79 Å². The molecular weight excluding hydrogens is 274 g/mol. The Morgan fingerprint density at radius 1 is 1.25 bits per heavy atom. The van der Waals surface area contributed by atoms with Gasteiger partial charge in [0.2, 0.25) is 5.91 Å². The summed E-state index contributed by atoms with van der Waals surface area (Å²) in [6.07, 6.45) is 1.17. The molecule has 0 spiro atoms. The first-order valence-electron chi connectivity index (χ1n) is 6.55. The molecule has 4 nitrogen and oxygen atoms in total. The van der Waals surface area contributed by atoms with E-state index in [4.69, 9.17) is 11.6 Å². The van der Waals surface area contributed by atoms with Crippen molar-refractivity contribution in [2.75, 3.05) is 6.54 Å². The first-order valence-corrected chi connectivity index (χ1v) is 6.93. The predicted molar refractivity (Wildman–Crippen MR) is 76.3 cm³/mol. The number of hydrogen-bond acceptors (Lipinski definition) is 3. The Bertz CT molecular complexity index is 630. The number of fused-ring (bicyclic) bond motifs is 1. The maximum Gasteiger partial charge on any atom is 0.227 e. The molecule has 3 rings (SSSR count). The average molecular weight is 288 g/mol. The maximum atomic E-state index is 12.3. The van der Waals surface area contributed by atoms with E-state index in [9.17, 15) is 4.79 Å². The molecule has 0 saturated heterocycles. The number of hydrogen-bond donors (Lipinski definition) is 0. The molecule has 2 aromatic rings. The summed E-state index contributed by atoms with van der Waals surface area (Å²) in [6.45, 7) is 1.26. The second-order valence-electron chi connectivity index (χ2n) is 4.87. The van der Waals surface area contributed by atoms with Crippen LogP contribution in [0.15, 0.2) is 36.4 Å². The van der Waals surface area contributed by atoms with E-state index in [1.165, 1.54) is 0 Å². The molecule has 0 N–H and O–H groups in total. The SMILES string of the molecule is O=C(Cc1ccccc1)N1CCc2nnc(Cl)cc2C1. The van der Waals surface area contributed by atoms with Gasteiger partial charge < -0.3 is 4.90 Å². The molecule has 1 amide bonds. The maximum absolute atomic E-state index is 12.3. The molecule has 1 aliphatic heterocycles. The highest BCUT2D eigenvalue weighted by Crippen LogP contribution is 2.19. The minimum absolute atomic E-state index is 0.134. The zero-order chi connectivity index (χ0) is 13.9. The van der Waals surface area contributed by atoms with Crippen LogP contribution >= 0.6 is 11.6 Å². The summed E-state index contributed by atoms with van der Waals surface area (Å²) in [7, 11) is 0. The zero-order valence-corrected chi connectivity index (χ0v) is 11.7. The molecule has 1 aromatic heterocycles. The smallest absolute Gasteiger partial charge is 0.227 e. The standard InChI is InChI=1S/C15H14ClN3O/c16-14-9-12-10-19(7-6-13(12)17-18-14)15(20)8-11-4-2-1-3-5-11/h1-5,9H,6-8,10H2. The topological polar surface area (TPSA) is 46.1 Å². The van der Waals surface area contributed by atoms with Crippen LogP contribution in [-0.4, -0.2) is 27.5 Å². The summed E-state index contributed by atoms with van der Waals surface area (Å²) < 4.78 is 0. The Morgan fingerprint density at radius 3 is 2.85 bits per heavy atom. The van der Waals surface area contributed by atoms with Gasteiger partial charge in [0.25, 0.3) is 0 Å². The van der Waals surface area contributed by atoms with Gasteiger partial charge in [-0.05, 0) is 17.2 Å². The normalized spacial score (nSPS) is 13.9. The molecule has 1 aromatic carbocycles. The van der Waals surface area contributed by atoms with E-state index < -0.39 is 0 Å². The molecule has 2 heterocycles. The molecular formula is C15H14ClN3O. The summed E-state index contributed by atoms with van der Waals surface area (Å²) in [4.78, 5) is 14.2. The summed E-state index contributed by atoms with van der Waals surface area (Å²) >= 11 is 5.86. The van der Waals surface area contributed by atoms with Crippen LogP contribution < -0.4 is 0 Å². The van der Waals surface area contributed by atoms with Gasteiger partial charge in [0, 0.05) is 19.5 Å². The fourth-order valence-electron chi connectivity index (χ4n) is 2.40. The monoisotopic (exact) mass is 287 g/mol. The van der Waals surface area contributed by atoms with E-state index in [-0.39, 0.29) is 5.91 Å². The van der Waals surface area contributed by atoms with Crippen LogP contribution in [0.2, 0.25) is 5.15 Å². The van der Waals surface area contributed by atoms with Crippen molar-refractivity contribution in [2.45, 2.75) is 19.4 Å². The highest BCUT2D eigenvalue weighted by atomic mass is 35.5. The first kappa shape index (κ1) is 13.1. The van der Waals surface area contributed by atoms with E-state index in [2.05, 4.69) is 10.2 Å². The van der Waals surface area contributed by atoms with Crippen molar-refractivity contribution in [1.29, 1.82) is 0 Å². The third-order valence-corrected chi connectivity index (χ3v) is 3.65. The molecule has 1 aliphatic rings. The van der Waals surface area contributed by atoms with Crippen molar-refractivity contribution >= 4 is 17.5 Å². The van der Waals surface area contributed by atoms with Gasteiger partial charge in [-0.2, -0.15) is 5.10 Å². The van der Waals surface area contributed by atoms with E-state index in [0.29, 0.717) is 24.7 Å². The van der Waals surface area contributed by atoms with Crippen LogP contribution in [-0.2, 0) is 24.2 Å². The van der Waals surface area contributed by atoms with Gasteiger partial charge in [-0.25, -0.2) is 0 Å². The molecule has 20 heavy (non-hydrogen) atoms. The molecule has 102 valence electrons. The van der Waals surface area contributed by atoms with Crippen LogP contribution in [0.3, 0.4) is 0 Å². The number of nitrogens with zero attached hydrogens (tertiary/aromatic N) is 3. The minimum Gasteiger partial charge on any atom is -0.338 e. The fourth-order valence-corrected chi connectivity index (χ4v) is 2.57. The molecule has 0 atom stereocenters. The van der Waals surface area contributed by atoms with Gasteiger partial charge in [-0.1, -0.05) is 41.9 Å². The summed E-state index contributed by atoms with van der Waals surface area (Å²) in [5, 5.41) is 8.29. The Balaban J connectivity index is 1.72. The largest absolute Gasteiger partial charge is 0.338 e. The van der Waals surface area contributed by atoms with E-state index in [0.717, 1.165) is 23.2 Å². The summed E-state index contributed by atoms with van der Waals surface area (Å²) in [5.74, 6) is 0.134. The van der Waals surface area contributed by atoms with E-state index >= 15 is 0 Å². The number of carbonyl (C=O) groups excluding carboxylic acids is 1. The minimum atomic E-state index is 0.134. The molecule has 0 aliphatic carbocycles. The molecule has 0 fully saturated rings. The number of carbonyl (C=O) groups is 1. The van der Waals surface area contributed by atoms with Crippen LogP contribution in [0.5, 0.6) is 0 Å². The number of rotatable bonds is 2. The third-order valence-electron chi connectivity index (χ3n) is 3.46. The number of aromatic nitrogens is 2. The molecule has 0 unspecified atom stereocenters. The van der Waals surface area contributed by atoms with Crippen LogP contribution in [0.1, 0.15) is 16.8 Å². The zero-order valence-electron chi connectivity index (χ0n) is 10.9. The Labute approximate surface area is 122 Å². The molecule has 5 heteroatoms. The first-order chi connectivity index (χ1) is 9.72. The Morgan fingerprint density at radius 2 is 2.05 bits per heavy atom. The van der Waals surface area contributed by atoms with Crippen molar-refractivity contribution in [3.05, 3.63) is 58.4 Å². The lowest BCUT2D eigenvalue weighted by Crippen LogP contribution is -2.37. The van der Waals surface area contributed by atoms with Crippen molar-refractivity contribution in [3.63, 3.8) is 0 Å². The van der Waals surface area contributed by atoms with E-state index in [1.807, 2.05) is 35.2 Å². The Kier molecular flexibility index (Phi) is 3.65. The fraction of sp³-hybridized carbons (Fsp3) is 0.267. The van der Waals surface area contributed by atoms with Crippen molar-refractivity contribution < 1.29 is 4.79 Å². The number of halogens is 1. The van der Waals surface area contributed by atoms with Crippen molar-refractivity contribution in [2.24, 2.45) is 0 Å². The molecule has 0 bridgehead atoms. The lowest BCUT2D eigenvalue weighted by atomic mass is 10.1. The quantitative estimate of drug-likeness (QED) is 0.851. The lowest BCUT2D eigenvalue weighted by molar-refractivity contribution is -0.131. The van der Waals surface area contributed by atoms with Crippen molar-refractivity contribution in [1.82, 2.24) is 15.1 Å². The Hall–Kier alpha value is -1.94. The van der Waals surface area contributed by atoms with Gasteiger partial charge in [0.1, 0.15) is 0 Å². The highest BCUT2D eigenvalue weighted by Gasteiger charge is 2.22. The number of amides is 1. The van der Waals surface area contributed by atoms with Gasteiger partial charge >= 0.3 is 0 Å². The van der Waals surface area contributed by atoms with Crippen LogP contribution in [0.4, 0.5) is 0 Å². The molecule has 0 saturated carbocycles. The molecule has 0 radical (unpaired) electrons. The van der Waals surface area contributed by atoms with Crippen molar-refractivity contribution in [3.8, 4) is 0 Å². The van der Waals surface area contributed by atoms with Gasteiger partial charge in [-0.15, -0.1) is 5.10 Å². The van der Waals surface area contributed by atoms with Gasteiger partial charge in [0.15, 0.2) is 5.15 Å². The summed E-state index contributed by atoms with van der Waals surface area (Å²) in [5.41, 5.74) is 2.98. The van der Waals surface area contributed by atoms with Gasteiger partial charge in [0.05, 0.1) is 12.1 Å². The second-order valence-corrected chi connectivity index (χ2v) is 5.25. The van der Waals surface area contributed by atoms with E-state index in [1.54, 1.807) is 6.07 Å². The lowest BCUT2D eigenvalue weighted by Gasteiger charge is -2.28. The van der Waals surface area contributed by atoms with Crippen LogP contribution in [0, 0.1) is 0 Å². The number of benzene rings is 1. The average Bonchev–Trinajstić information content (AvgIpc) is 2.47.